The van der Waals surface area contributed by atoms with Gasteiger partial charge in [-0.05, 0) is 48.3 Å². The van der Waals surface area contributed by atoms with E-state index in [1.54, 1.807) is 19.3 Å². The molecule has 0 aromatic rings. The Kier molecular flexibility index (Phi) is 0.906. The number of rotatable bonds is 2. The molecule has 3 aliphatic rings. The van der Waals surface area contributed by atoms with Gasteiger partial charge in [-0.3, -0.25) is 0 Å². The summed E-state index contributed by atoms with van der Waals surface area (Å²) in [5, 5.41) is 0. The van der Waals surface area contributed by atoms with Crippen molar-refractivity contribution in [3.05, 3.63) is 0 Å². The van der Waals surface area contributed by atoms with Crippen LogP contribution in [0.1, 0.15) is 46.0 Å². The number of fused-ring (bicyclic) bond motifs is 1. The van der Waals surface area contributed by atoms with Crippen molar-refractivity contribution >= 4 is 0 Å². The van der Waals surface area contributed by atoms with Gasteiger partial charge in [0.2, 0.25) is 0 Å². The average molecular weight is 150 g/mol. The van der Waals surface area contributed by atoms with Crippen LogP contribution >= 0.6 is 0 Å². The highest BCUT2D eigenvalue weighted by Crippen LogP contribution is 2.86. The second-order valence-electron chi connectivity index (χ2n) is 5.22. The van der Waals surface area contributed by atoms with Gasteiger partial charge in [0.25, 0.3) is 0 Å². The normalized spacial score (nSPS) is 56.2. The lowest BCUT2D eigenvalue weighted by molar-refractivity contribution is 0.00116. The second-order valence-corrected chi connectivity index (χ2v) is 5.22. The van der Waals surface area contributed by atoms with E-state index in [-0.39, 0.29) is 0 Å². The summed E-state index contributed by atoms with van der Waals surface area (Å²) in [5.41, 5.74) is 1.68. The van der Waals surface area contributed by atoms with Crippen LogP contribution in [0.5, 0.6) is 0 Å². The van der Waals surface area contributed by atoms with Crippen LogP contribution in [-0.2, 0) is 0 Å². The van der Waals surface area contributed by atoms with Gasteiger partial charge in [-0.1, -0.05) is 20.3 Å². The van der Waals surface area contributed by atoms with Crippen LogP contribution in [0, 0.1) is 22.7 Å². The maximum absolute atomic E-state index is 2.56. The minimum absolute atomic E-state index is 0.834. The molecule has 2 unspecified atom stereocenters. The molecule has 0 aromatic carbocycles. The van der Waals surface area contributed by atoms with Crippen molar-refractivity contribution in [3.8, 4) is 0 Å². The summed E-state index contributed by atoms with van der Waals surface area (Å²) in [7, 11) is 0. The largest absolute Gasteiger partial charge is 0.0648 e. The van der Waals surface area contributed by atoms with Crippen LogP contribution in [0.25, 0.3) is 0 Å². The van der Waals surface area contributed by atoms with Gasteiger partial charge in [-0.15, -0.1) is 0 Å². The minimum Gasteiger partial charge on any atom is -0.0648 e. The molecule has 0 N–H and O–H groups in total. The summed E-state index contributed by atoms with van der Waals surface area (Å²) in [5.74, 6) is 2.37. The first-order chi connectivity index (χ1) is 5.24. The van der Waals surface area contributed by atoms with Crippen molar-refractivity contribution in [2.45, 2.75) is 46.0 Å². The number of hydrogen-bond acceptors (Lipinski definition) is 0. The zero-order valence-corrected chi connectivity index (χ0v) is 7.69. The summed E-state index contributed by atoms with van der Waals surface area (Å²) >= 11 is 0. The van der Waals surface area contributed by atoms with Gasteiger partial charge in [-0.25, -0.2) is 0 Å². The van der Waals surface area contributed by atoms with Gasteiger partial charge in [0, 0.05) is 0 Å². The molecule has 2 atom stereocenters. The molecular formula is C11H18. The lowest BCUT2D eigenvalue weighted by atomic mass is 9.55. The maximum Gasteiger partial charge on any atom is -0.0207 e. The molecule has 0 saturated heterocycles. The van der Waals surface area contributed by atoms with E-state index >= 15 is 0 Å². The van der Waals surface area contributed by atoms with Crippen molar-refractivity contribution in [1.82, 2.24) is 0 Å². The molecule has 0 radical (unpaired) electrons. The average Bonchev–Trinajstić information content (AvgIpc) is 2.72. The van der Waals surface area contributed by atoms with Crippen LogP contribution in [0.15, 0.2) is 0 Å². The van der Waals surface area contributed by atoms with Gasteiger partial charge >= 0.3 is 0 Å². The fourth-order valence-corrected chi connectivity index (χ4v) is 3.89. The Morgan fingerprint density at radius 1 is 1.27 bits per heavy atom. The fourth-order valence-electron chi connectivity index (χ4n) is 3.89. The predicted molar refractivity (Wildman–Crippen MR) is 46.3 cm³/mol. The predicted octanol–water partition coefficient (Wildman–Crippen LogP) is 3.22. The first kappa shape index (κ1) is 6.51. The van der Waals surface area contributed by atoms with Crippen molar-refractivity contribution in [2.75, 3.05) is 0 Å². The molecule has 0 aromatic heterocycles. The quantitative estimate of drug-likeness (QED) is 0.567. The lowest BCUT2D eigenvalue weighted by Gasteiger charge is -2.50. The molecule has 0 aliphatic heterocycles. The van der Waals surface area contributed by atoms with Gasteiger partial charge in [0.15, 0.2) is 0 Å². The third-order valence-corrected chi connectivity index (χ3v) is 5.35. The van der Waals surface area contributed by atoms with Crippen molar-refractivity contribution in [3.63, 3.8) is 0 Å². The molecule has 62 valence electrons. The van der Waals surface area contributed by atoms with E-state index in [9.17, 15) is 0 Å². The van der Waals surface area contributed by atoms with E-state index in [1.165, 1.54) is 24.7 Å². The van der Waals surface area contributed by atoms with E-state index in [2.05, 4.69) is 13.8 Å². The molecule has 0 nitrogen and oxygen atoms in total. The van der Waals surface area contributed by atoms with Crippen molar-refractivity contribution in [2.24, 2.45) is 22.7 Å². The van der Waals surface area contributed by atoms with Gasteiger partial charge in [0.05, 0.1) is 0 Å². The van der Waals surface area contributed by atoms with Gasteiger partial charge in [0.1, 0.15) is 0 Å². The highest BCUT2D eigenvalue weighted by atomic mass is 14.8. The molecule has 0 heterocycles. The molecule has 3 fully saturated rings. The van der Waals surface area contributed by atoms with Crippen LogP contribution in [0.4, 0.5) is 0 Å². The van der Waals surface area contributed by atoms with Crippen LogP contribution < -0.4 is 0 Å². The molecular weight excluding hydrogens is 132 g/mol. The Morgan fingerprint density at radius 2 is 1.91 bits per heavy atom. The van der Waals surface area contributed by atoms with Gasteiger partial charge < -0.3 is 0 Å². The molecule has 0 spiro atoms. The standard InChI is InChI=1S/C11H18/c1-3-11(5-4-6-11)10(2)8-7-9(8)10/h8-9H,3-7H2,1-2H3. The van der Waals surface area contributed by atoms with Crippen LogP contribution in [0.2, 0.25) is 0 Å². The van der Waals surface area contributed by atoms with E-state index < -0.39 is 0 Å². The molecule has 0 bridgehead atoms. The monoisotopic (exact) mass is 150 g/mol. The summed E-state index contributed by atoms with van der Waals surface area (Å²) < 4.78 is 0. The molecule has 0 heteroatoms. The van der Waals surface area contributed by atoms with Crippen LogP contribution in [0.3, 0.4) is 0 Å². The first-order valence-electron chi connectivity index (χ1n) is 5.24. The Labute approximate surface area is 69.4 Å². The van der Waals surface area contributed by atoms with Crippen molar-refractivity contribution < 1.29 is 0 Å². The third-order valence-electron chi connectivity index (χ3n) is 5.35. The third kappa shape index (κ3) is 0.494. The Balaban J connectivity index is 1.85. The summed E-state index contributed by atoms with van der Waals surface area (Å²) in [6.45, 7) is 4.97. The van der Waals surface area contributed by atoms with E-state index in [4.69, 9.17) is 0 Å². The highest BCUT2D eigenvalue weighted by Gasteiger charge is 2.80. The fraction of sp³-hybridized carbons (Fsp3) is 1.00. The summed E-state index contributed by atoms with van der Waals surface area (Å²) in [6, 6.07) is 0. The molecule has 11 heavy (non-hydrogen) atoms. The summed E-state index contributed by atoms with van der Waals surface area (Å²) in [4.78, 5) is 0. The minimum atomic E-state index is 0.834. The van der Waals surface area contributed by atoms with Crippen LogP contribution in [-0.4, -0.2) is 0 Å². The molecule has 3 saturated carbocycles. The molecule has 0 amide bonds. The Bertz CT molecular complexity index is 187. The Hall–Kier alpha value is 0. The van der Waals surface area contributed by atoms with Gasteiger partial charge in [-0.2, -0.15) is 0 Å². The highest BCUT2D eigenvalue weighted by molar-refractivity contribution is 5.28. The topological polar surface area (TPSA) is 0 Å². The summed E-state index contributed by atoms with van der Waals surface area (Å²) in [6.07, 6.45) is 7.65. The SMILES string of the molecule is CCC1(C2(C)C3CC32)CCC1. The first-order valence-corrected chi connectivity index (χ1v) is 5.24. The molecule has 3 rings (SSSR count). The smallest absolute Gasteiger partial charge is 0.0207 e. The van der Waals surface area contributed by atoms with E-state index in [0.717, 1.165) is 10.8 Å². The maximum atomic E-state index is 2.56. The Morgan fingerprint density at radius 3 is 2.00 bits per heavy atom. The zero-order valence-electron chi connectivity index (χ0n) is 7.69. The second kappa shape index (κ2) is 1.53. The zero-order chi connectivity index (χ0) is 7.69. The lowest BCUT2D eigenvalue weighted by Crippen LogP contribution is -2.40. The van der Waals surface area contributed by atoms with E-state index in [1.807, 2.05) is 0 Å². The van der Waals surface area contributed by atoms with E-state index in [0.29, 0.717) is 0 Å². The van der Waals surface area contributed by atoms with Crippen molar-refractivity contribution in [1.29, 1.82) is 0 Å². The molecule has 3 aliphatic carbocycles. The number of hydrogen-bond donors (Lipinski definition) is 0.